The molecule has 1 saturated heterocycles. The van der Waals surface area contributed by atoms with Crippen LogP contribution in [0.5, 0.6) is 5.75 Å². The van der Waals surface area contributed by atoms with Crippen molar-refractivity contribution in [1.82, 2.24) is 10.6 Å². The highest BCUT2D eigenvalue weighted by Crippen LogP contribution is 2.41. The summed E-state index contributed by atoms with van der Waals surface area (Å²) in [6.45, 7) is 1.85. The fraction of sp³-hybridized carbons (Fsp3) is 0.588. The minimum atomic E-state index is 0.123. The molecule has 0 aromatic heterocycles. The zero-order chi connectivity index (χ0) is 14.7. The molecule has 1 heterocycles. The summed E-state index contributed by atoms with van der Waals surface area (Å²) in [6.07, 6.45) is 4.51. The van der Waals surface area contributed by atoms with E-state index in [2.05, 4.69) is 22.8 Å². The fourth-order valence-corrected chi connectivity index (χ4v) is 3.06. The number of hydrogen-bond acceptors (Lipinski definition) is 3. The molecule has 1 saturated carbocycles. The Morgan fingerprint density at radius 2 is 2.05 bits per heavy atom. The SMILES string of the molecule is COc1ccc(C(NC(=O)[C@@H]2CCCNC2)C2CC2)cc1. The fourth-order valence-electron chi connectivity index (χ4n) is 3.06. The molecule has 2 atom stereocenters. The molecule has 1 amide bonds. The summed E-state index contributed by atoms with van der Waals surface area (Å²) in [5.41, 5.74) is 1.19. The first kappa shape index (κ1) is 14.4. The number of methoxy groups -OCH3 is 1. The van der Waals surface area contributed by atoms with E-state index in [1.165, 1.54) is 18.4 Å². The van der Waals surface area contributed by atoms with E-state index in [1.807, 2.05) is 12.1 Å². The topological polar surface area (TPSA) is 50.4 Å². The van der Waals surface area contributed by atoms with Crippen LogP contribution in [0, 0.1) is 11.8 Å². The molecule has 0 radical (unpaired) electrons. The Labute approximate surface area is 126 Å². The average Bonchev–Trinajstić information content (AvgIpc) is 3.38. The Hall–Kier alpha value is -1.55. The summed E-state index contributed by atoms with van der Waals surface area (Å²) in [5, 5.41) is 6.59. The summed E-state index contributed by atoms with van der Waals surface area (Å²) in [4.78, 5) is 12.5. The quantitative estimate of drug-likeness (QED) is 0.874. The van der Waals surface area contributed by atoms with Gasteiger partial charge in [-0.3, -0.25) is 4.79 Å². The summed E-state index contributed by atoms with van der Waals surface area (Å²) in [7, 11) is 1.67. The van der Waals surface area contributed by atoms with Crippen LogP contribution < -0.4 is 15.4 Å². The smallest absolute Gasteiger partial charge is 0.224 e. The van der Waals surface area contributed by atoms with Crippen molar-refractivity contribution in [2.45, 2.75) is 31.7 Å². The maximum absolute atomic E-state index is 12.5. The van der Waals surface area contributed by atoms with E-state index >= 15 is 0 Å². The van der Waals surface area contributed by atoms with Gasteiger partial charge in [0.15, 0.2) is 0 Å². The number of rotatable bonds is 5. The lowest BCUT2D eigenvalue weighted by molar-refractivity contribution is -0.126. The Balaban J connectivity index is 1.67. The van der Waals surface area contributed by atoms with Gasteiger partial charge in [0.05, 0.1) is 19.1 Å². The first-order chi connectivity index (χ1) is 10.3. The number of nitrogens with one attached hydrogen (secondary N) is 2. The third-order valence-corrected chi connectivity index (χ3v) is 4.53. The van der Waals surface area contributed by atoms with Crippen LogP contribution in [0.4, 0.5) is 0 Å². The van der Waals surface area contributed by atoms with Crippen LogP contribution in [0.1, 0.15) is 37.3 Å². The molecular weight excluding hydrogens is 264 g/mol. The van der Waals surface area contributed by atoms with Crippen molar-refractivity contribution >= 4 is 5.91 Å². The van der Waals surface area contributed by atoms with E-state index in [0.717, 1.165) is 31.7 Å². The molecule has 2 N–H and O–H groups in total. The lowest BCUT2D eigenvalue weighted by atomic mass is 9.96. The summed E-state index contributed by atoms with van der Waals surface area (Å²) >= 11 is 0. The predicted molar refractivity (Wildman–Crippen MR) is 82.2 cm³/mol. The van der Waals surface area contributed by atoms with Gasteiger partial charge in [-0.05, 0) is 55.8 Å². The van der Waals surface area contributed by atoms with Crippen molar-refractivity contribution in [3.05, 3.63) is 29.8 Å². The van der Waals surface area contributed by atoms with Crippen molar-refractivity contribution < 1.29 is 9.53 Å². The van der Waals surface area contributed by atoms with Gasteiger partial charge >= 0.3 is 0 Å². The first-order valence-corrected chi connectivity index (χ1v) is 7.93. The van der Waals surface area contributed by atoms with Gasteiger partial charge in [-0.25, -0.2) is 0 Å². The minimum absolute atomic E-state index is 0.123. The largest absolute Gasteiger partial charge is 0.497 e. The molecular formula is C17H24N2O2. The van der Waals surface area contributed by atoms with Gasteiger partial charge in [0.2, 0.25) is 5.91 Å². The van der Waals surface area contributed by atoms with Crippen molar-refractivity contribution in [1.29, 1.82) is 0 Å². The second-order valence-electron chi connectivity index (χ2n) is 6.14. The normalized spacial score (nSPS) is 23.4. The Kier molecular flexibility index (Phi) is 4.44. The summed E-state index contributed by atoms with van der Waals surface area (Å²) in [6, 6.07) is 8.24. The highest BCUT2D eigenvalue weighted by atomic mass is 16.5. The van der Waals surface area contributed by atoms with Crippen LogP contribution in [-0.4, -0.2) is 26.1 Å². The first-order valence-electron chi connectivity index (χ1n) is 7.93. The van der Waals surface area contributed by atoms with Crippen LogP contribution in [-0.2, 0) is 4.79 Å². The highest BCUT2D eigenvalue weighted by Gasteiger charge is 2.34. The van der Waals surface area contributed by atoms with Crippen LogP contribution in [0.25, 0.3) is 0 Å². The third kappa shape index (κ3) is 3.56. The van der Waals surface area contributed by atoms with E-state index in [-0.39, 0.29) is 17.9 Å². The molecule has 1 unspecified atom stereocenters. The zero-order valence-electron chi connectivity index (χ0n) is 12.6. The van der Waals surface area contributed by atoms with Gasteiger partial charge in [-0.2, -0.15) is 0 Å². The van der Waals surface area contributed by atoms with Crippen LogP contribution in [0.2, 0.25) is 0 Å². The molecule has 4 heteroatoms. The summed E-state index contributed by atoms with van der Waals surface area (Å²) in [5.74, 6) is 1.78. The molecule has 1 aliphatic heterocycles. The Morgan fingerprint density at radius 3 is 2.62 bits per heavy atom. The second kappa shape index (κ2) is 6.48. The molecule has 0 spiro atoms. The standard InChI is InChI=1S/C17H24N2O2/c1-21-15-8-6-13(7-9-15)16(12-4-5-12)19-17(20)14-3-2-10-18-11-14/h6-9,12,14,16,18H,2-5,10-11H2,1H3,(H,19,20)/t14-,16?/m1/s1. The molecule has 21 heavy (non-hydrogen) atoms. The number of amides is 1. The van der Waals surface area contributed by atoms with E-state index in [1.54, 1.807) is 7.11 Å². The zero-order valence-corrected chi connectivity index (χ0v) is 12.6. The maximum atomic E-state index is 12.5. The van der Waals surface area contributed by atoms with Crippen LogP contribution in [0.3, 0.4) is 0 Å². The molecule has 1 aromatic rings. The average molecular weight is 288 g/mol. The number of piperidine rings is 1. The molecule has 4 nitrogen and oxygen atoms in total. The van der Waals surface area contributed by atoms with Crippen LogP contribution in [0.15, 0.2) is 24.3 Å². The molecule has 2 aliphatic rings. The lowest BCUT2D eigenvalue weighted by Gasteiger charge is -2.26. The van der Waals surface area contributed by atoms with Gasteiger partial charge in [0.1, 0.15) is 5.75 Å². The Morgan fingerprint density at radius 1 is 1.29 bits per heavy atom. The minimum Gasteiger partial charge on any atom is -0.497 e. The third-order valence-electron chi connectivity index (χ3n) is 4.53. The number of hydrogen-bond donors (Lipinski definition) is 2. The van der Waals surface area contributed by atoms with E-state index in [4.69, 9.17) is 4.74 Å². The maximum Gasteiger partial charge on any atom is 0.224 e. The van der Waals surface area contributed by atoms with E-state index < -0.39 is 0 Å². The summed E-state index contributed by atoms with van der Waals surface area (Å²) < 4.78 is 5.21. The molecule has 1 aromatic carbocycles. The van der Waals surface area contributed by atoms with Crippen molar-refractivity contribution in [2.75, 3.05) is 20.2 Å². The van der Waals surface area contributed by atoms with Gasteiger partial charge in [0.25, 0.3) is 0 Å². The Bertz CT molecular complexity index is 476. The van der Waals surface area contributed by atoms with E-state index in [0.29, 0.717) is 5.92 Å². The number of carbonyl (C=O) groups is 1. The number of benzene rings is 1. The van der Waals surface area contributed by atoms with Gasteiger partial charge in [0, 0.05) is 6.54 Å². The molecule has 114 valence electrons. The molecule has 1 aliphatic carbocycles. The van der Waals surface area contributed by atoms with Gasteiger partial charge < -0.3 is 15.4 Å². The van der Waals surface area contributed by atoms with E-state index in [9.17, 15) is 4.79 Å². The second-order valence-corrected chi connectivity index (χ2v) is 6.14. The van der Waals surface area contributed by atoms with Crippen molar-refractivity contribution in [2.24, 2.45) is 11.8 Å². The van der Waals surface area contributed by atoms with Gasteiger partial charge in [-0.15, -0.1) is 0 Å². The lowest BCUT2D eigenvalue weighted by Crippen LogP contribution is -2.42. The number of ether oxygens (including phenoxy) is 1. The van der Waals surface area contributed by atoms with Crippen molar-refractivity contribution in [3.63, 3.8) is 0 Å². The number of carbonyl (C=O) groups excluding carboxylic acids is 1. The van der Waals surface area contributed by atoms with Gasteiger partial charge in [-0.1, -0.05) is 12.1 Å². The monoisotopic (exact) mass is 288 g/mol. The highest BCUT2D eigenvalue weighted by molar-refractivity contribution is 5.79. The predicted octanol–water partition coefficient (Wildman–Crippen LogP) is 2.26. The molecule has 0 bridgehead atoms. The van der Waals surface area contributed by atoms with Crippen LogP contribution >= 0.6 is 0 Å². The molecule has 3 rings (SSSR count). The molecule has 2 fully saturated rings. The van der Waals surface area contributed by atoms with Crippen molar-refractivity contribution in [3.8, 4) is 5.75 Å².